The number of rotatable bonds is 8. The Labute approximate surface area is 131 Å². The molecule has 0 aromatic rings. The van der Waals surface area contributed by atoms with Crippen molar-refractivity contribution in [1.29, 1.82) is 0 Å². The van der Waals surface area contributed by atoms with Crippen LogP contribution in [0.2, 0.25) is 0 Å². The summed E-state index contributed by atoms with van der Waals surface area (Å²) in [4.78, 5) is 5.36. The fourth-order valence-electron chi connectivity index (χ4n) is 3.96. The van der Waals surface area contributed by atoms with Gasteiger partial charge < -0.3 is 14.9 Å². The molecule has 2 aliphatic rings. The van der Waals surface area contributed by atoms with Crippen molar-refractivity contribution < 1.29 is 5.11 Å². The van der Waals surface area contributed by atoms with E-state index in [2.05, 4.69) is 16.7 Å². The molecule has 2 saturated heterocycles. The van der Waals surface area contributed by atoms with Gasteiger partial charge in [0.05, 0.1) is 0 Å². The van der Waals surface area contributed by atoms with E-state index in [0.717, 1.165) is 18.4 Å². The molecule has 3 nitrogen and oxygen atoms in total. The average molecular weight is 296 g/mol. The first-order valence-electron chi connectivity index (χ1n) is 9.37. The van der Waals surface area contributed by atoms with Crippen molar-refractivity contribution in [2.45, 2.75) is 70.8 Å². The Balaban J connectivity index is 1.54. The van der Waals surface area contributed by atoms with Crippen LogP contribution in [0.4, 0.5) is 0 Å². The lowest BCUT2D eigenvalue weighted by Gasteiger charge is -2.36. The van der Waals surface area contributed by atoms with Crippen molar-refractivity contribution in [2.75, 3.05) is 39.3 Å². The van der Waals surface area contributed by atoms with Crippen molar-refractivity contribution in [2.24, 2.45) is 5.92 Å². The van der Waals surface area contributed by atoms with E-state index < -0.39 is 0 Å². The van der Waals surface area contributed by atoms with Crippen LogP contribution in [0.1, 0.15) is 64.7 Å². The molecule has 21 heavy (non-hydrogen) atoms. The van der Waals surface area contributed by atoms with Gasteiger partial charge in [-0.05, 0) is 96.9 Å². The van der Waals surface area contributed by atoms with Crippen LogP contribution in [0.5, 0.6) is 0 Å². The van der Waals surface area contributed by atoms with Crippen LogP contribution in [0, 0.1) is 5.92 Å². The zero-order chi connectivity index (χ0) is 14.9. The Hall–Kier alpha value is -0.120. The molecule has 2 fully saturated rings. The highest BCUT2D eigenvalue weighted by atomic mass is 16.2. The SMILES string of the molecule is CC1CCCCN1CCC1CCN(CCCCCO)CC1. The molecular weight excluding hydrogens is 260 g/mol. The number of likely N-dealkylation sites (tertiary alicyclic amines) is 2. The maximum absolute atomic E-state index is 8.81. The number of aliphatic hydroxyl groups is 1. The minimum atomic E-state index is 0.358. The Morgan fingerprint density at radius 3 is 2.43 bits per heavy atom. The van der Waals surface area contributed by atoms with Crippen molar-refractivity contribution in [3.05, 3.63) is 0 Å². The van der Waals surface area contributed by atoms with Crippen LogP contribution in [-0.2, 0) is 0 Å². The second kappa shape index (κ2) is 9.81. The van der Waals surface area contributed by atoms with Crippen molar-refractivity contribution in [3.8, 4) is 0 Å². The minimum Gasteiger partial charge on any atom is -0.396 e. The molecule has 0 bridgehead atoms. The largest absolute Gasteiger partial charge is 0.396 e. The van der Waals surface area contributed by atoms with Gasteiger partial charge in [-0.2, -0.15) is 0 Å². The van der Waals surface area contributed by atoms with E-state index in [1.165, 1.54) is 84.1 Å². The topological polar surface area (TPSA) is 26.7 Å². The summed E-state index contributed by atoms with van der Waals surface area (Å²) < 4.78 is 0. The molecule has 3 heteroatoms. The Morgan fingerprint density at radius 2 is 1.71 bits per heavy atom. The maximum Gasteiger partial charge on any atom is 0.0431 e. The standard InChI is InChI=1S/C18H36N2O/c1-17-7-3-5-12-20(17)15-10-18-8-13-19(14-9-18)11-4-2-6-16-21/h17-18,21H,2-16H2,1H3. The lowest BCUT2D eigenvalue weighted by molar-refractivity contribution is 0.128. The van der Waals surface area contributed by atoms with Gasteiger partial charge in [0.1, 0.15) is 0 Å². The molecule has 0 spiro atoms. The summed E-state index contributed by atoms with van der Waals surface area (Å²) in [6.07, 6.45) is 11.9. The van der Waals surface area contributed by atoms with Crippen LogP contribution in [-0.4, -0.2) is 60.3 Å². The van der Waals surface area contributed by atoms with E-state index in [1.54, 1.807) is 0 Å². The van der Waals surface area contributed by atoms with E-state index >= 15 is 0 Å². The third kappa shape index (κ3) is 6.25. The normalized spacial score (nSPS) is 26.3. The number of hydrogen-bond donors (Lipinski definition) is 1. The summed E-state index contributed by atoms with van der Waals surface area (Å²) in [5.41, 5.74) is 0. The van der Waals surface area contributed by atoms with Gasteiger partial charge in [0.25, 0.3) is 0 Å². The van der Waals surface area contributed by atoms with Gasteiger partial charge in [0.15, 0.2) is 0 Å². The summed E-state index contributed by atoms with van der Waals surface area (Å²) in [6, 6.07) is 0.824. The van der Waals surface area contributed by atoms with Crippen LogP contribution in [0.3, 0.4) is 0 Å². The van der Waals surface area contributed by atoms with Crippen LogP contribution < -0.4 is 0 Å². The molecule has 0 saturated carbocycles. The lowest BCUT2D eigenvalue weighted by Crippen LogP contribution is -2.40. The molecule has 1 unspecified atom stereocenters. The quantitative estimate of drug-likeness (QED) is 0.697. The molecule has 2 rings (SSSR count). The molecule has 1 N–H and O–H groups in total. The van der Waals surface area contributed by atoms with Gasteiger partial charge in [0, 0.05) is 12.6 Å². The predicted molar refractivity (Wildman–Crippen MR) is 89.6 cm³/mol. The Bertz CT molecular complexity index is 264. The van der Waals surface area contributed by atoms with E-state index in [0.29, 0.717) is 6.61 Å². The molecule has 0 aromatic heterocycles. The van der Waals surface area contributed by atoms with Crippen LogP contribution >= 0.6 is 0 Å². The van der Waals surface area contributed by atoms with Gasteiger partial charge >= 0.3 is 0 Å². The van der Waals surface area contributed by atoms with Crippen molar-refractivity contribution >= 4 is 0 Å². The van der Waals surface area contributed by atoms with Gasteiger partial charge in [-0.25, -0.2) is 0 Å². The predicted octanol–water partition coefficient (Wildman–Crippen LogP) is 3.13. The summed E-state index contributed by atoms with van der Waals surface area (Å²) >= 11 is 0. The second-order valence-electron chi connectivity index (χ2n) is 7.24. The number of hydrogen-bond acceptors (Lipinski definition) is 3. The fraction of sp³-hybridized carbons (Fsp3) is 1.00. The second-order valence-corrected chi connectivity index (χ2v) is 7.24. The minimum absolute atomic E-state index is 0.358. The van der Waals surface area contributed by atoms with E-state index in [-0.39, 0.29) is 0 Å². The molecule has 0 amide bonds. The first-order valence-corrected chi connectivity index (χ1v) is 9.37. The van der Waals surface area contributed by atoms with Crippen LogP contribution in [0.15, 0.2) is 0 Å². The molecule has 0 aromatic carbocycles. The molecule has 2 heterocycles. The first-order chi connectivity index (χ1) is 10.3. The van der Waals surface area contributed by atoms with Gasteiger partial charge in [-0.1, -0.05) is 6.42 Å². The Morgan fingerprint density at radius 1 is 0.905 bits per heavy atom. The Kier molecular flexibility index (Phi) is 8.05. The number of aliphatic hydroxyl groups excluding tert-OH is 1. The number of unbranched alkanes of at least 4 members (excludes halogenated alkanes) is 2. The summed E-state index contributed by atoms with van der Waals surface area (Å²) in [5.74, 6) is 0.966. The molecular formula is C18H36N2O. The van der Waals surface area contributed by atoms with Crippen molar-refractivity contribution in [3.63, 3.8) is 0 Å². The molecule has 124 valence electrons. The highest BCUT2D eigenvalue weighted by Crippen LogP contribution is 2.23. The zero-order valence-corrected chi connectivity index (χ0v) is 14.1. The van der Waals surface area contributed by atoms with Crippen molar-refractivity contribution in [1.82, 2.24) is 9.80 Å². The third-order valence-electron chi connectivity index (χ3n) is 5.60. The van der Waals surface area contributed by atoms with Crippen LogP contribution in [0.25, 0.3) is 0 Å². The fourth-order valence-corrected chi connectivity index (χ4v) is 3.96. The summed E-state index contributed by atoms with van der Waals surface area (Å²) in [5, 5.41) is 8.81. The molecule has 0 radical (unpaired) electrons. The van der Waals surface area contributed by atoms with Gasteiger partial charge in [-0.3, -0.25) is 0 Å². The van der Waals surface area contributed by atoms with E-state index in [1.807, 2.05) is 0 Å². The van der Waals surface area contributed by atoms with E-state index in [4.69, 9.17) is 5.11 Å². The first kappa shape index (κ1) is 17.2. The highest BCUT2D eigenvalue weighted by molar-refractivity contribution is 4.77. The summed E-state index contributed by atoms with van der Waals surface area (Å²) in [6.45, 7) is 9.30. The maximum atomic E-state index is 8.81. The monoisotopic (exact) mass is 296 g/mol. The van der Waals surface area contributed by atoms with Gasteiger partial charge in [-0.15, -0.1) is 0 Å². The zero-order valence-electron chi connectivity index (χ0n) is 14.1. The average Bonchev–Trinajstić information content (AvgIpc) is 2.52. The van der Waals surface area contributed by atoms with Gasteiger partial charge in [0.2, 0.25) is 0 Å². The summed E-state index contributed by atoms with van der Waals surface area (Å²) in [7, 11) is 0. The number of piperidine rings is 2. The molecule has 2 aliphatic heterocycles. The molecule has 1 atom stereocenters. The lowest BCUT2D eigenvalue weighted by atomic mass is 9.92. The smallest absolute Gasteiger partial charge is 0.0431 e. The van der Waals surface area contributed by atoms with E-state index in [9.17, 15) is 0 Å². The third-order valence-corrected chi connectivity index (χ3v) is 5.60. The highest BCUT2D eigenvalue weighted by Gasteiger charge is 2.22. The number of nitrogens with zero attached hydrogens (tertiary/aromatic N) is 2. The molecule has 0 aliphatic carbocycles.